The summed E-state index contributed by atoms with van der Waals surface area (Å²) < 4.78 is 0. The molecule has 1 aromatic rings. The Balaban J connectivity index is 2.00. The number of aliphatic hydroxyl groups is 1. The van der Waals surface area contributed by atoms with Crippen LogP contribution in [0.5, 0.6) is 0 Å². The maximum absolute atomic E-state index is 10.7. The van der Waals surface area contributed by atoms with E-state index in [9.17, 15) is 5.11 Å². The Bertz CT molecular complexity index is 398. The van der Waals surface area contributed by atoms with Crippen molar-refractivity contribution >= 4 is 0 Å². The van der Waals surface area contributed by atoms with Gasteiger partial charge in [0.2, 0.25) is 0 Å². The van der Waals surface area contributed by atoms with Gasteiger partial charge in [0.1, 0.15) is 0 Å². The fourth-order valence-corrected chi connectivity index (χ4v) is 3.58. The summed E-state index contributed by atoms with van der Waals surface area (Å²) in [6.07, 6.45) is 3.74. The lowest BCUT2D eigenvalue weighted by molar-refractivity contribution is 0.105. The minimum atomic E-state index is -0.462. The van der Waals surface area contributed by atoms with Crippen molar-refractivity contribution in [3.8, 4) is 0 Å². The Morgan fingerprint density at radius 2 is 1.87 bits per heavy atom. The zero-order valence-electron chi connectivity index (χ0n) is 9.46. The molecule has 80 valence electrons. The van der Waals surface area contributed by atoms with Crippen LogP contribution in [0.25, 0.3) is 0 Å². The molecule has 0 amide bonds. The van der Waals surface area contributed by atoms with Crippen LogP contribution in [-0.2, 0) is 5.60 Å². The zero-order chi connectivity index (χ0) is 10.6. The van der Waals surface area contributed by atoms with Gasteiger partial charge in [0, 0.05) is 0 Å². The molecule has 2 atom stereocenters. The Labute approximate surface area is 91.1 Å². The van der Waals surface area contributed by atoms with Crippen LogP contribution in [0, 0.1) is 25.7 Å². The number of hydrogen-bond acceptors (Lipinski definition) is 1. The summed E-state index contributed by atoms with van der Waals surface area (Å²) in [5.74, 6) is 1.11. The van der Waals surface area contributed by atoms with E-state index >= 15 is 0 Å². The molecule has 0 spiro atoms. The normalized spacial score (nSPS) is 37.8. The van der Waals surface area contributed by atoms with Crippen molar-refractivity contribution in [1.29, 1.82) is 0 Å². The second-order valence-corrected chi connectivity index (χ2v) is 5.29. The molecule has 2 aliphatic carbocycles. The van der Waals surface area contributed by atoms with Crippen molar-refractivity contribution in [2.24, 2.45) is 11.8 Å². The van der Waals surface area contributed by atoms with Crippen LogP contribution in [-0.4, -0.2) is 5.11 Å². The number of aryl methyl sites for hydroxylation is 2. The molecule has 3 rings (SSSR count). The monoisotopic (exact) mass is 202 g/mol. The van der Waals surface area contributed by atoms with Crippen molar-refractivity contribution < 1.29 is 5.11 Å². The van der Waals surface area contributed by atoms with Crippen LogP contribution >= 0.6 is 0 Å². The molecule has 0 aliphatic heterocycles. The topological polar surface area (TPSA) is 20.2 Å². The van der Waals surface area contributed by atoms with E-state index in [2.05, 4.69) is 32.0 Å². The van der Waals surface area contributed by atoms with Gasteiger partial charge in [-0.2, -0.15) is 0 Å². The molecule has 1 nitrogen and oxygen atoms in total. The van der Waals surface area contributed by atoms with Gasteiger partial charge in [0.25, 0.3) is 0 Å². The smallest absolute Gasteiger partial charge is 0.0962 e. The lowest BCUT2D eigenvalue weighted by Gasteiger charge is -2.17. The van der Waals surface area contributed by atoms with E-state index in [-0.39, 0.29) is 0 Å². The van der Waals surface area contributed by atoms with Gasteiger partial charge in [-0.15, -0.1) is 0 Å². The highest BCUT2D eigenvalue weighted by Gasteiger charge is 2.66. The Hall–Kier alpha value is -0.820. The fraction of sp³-hybridized carbons (Fsp3) is 0.571. The molecule has 2 unspecified atom stereocenters. The lowest BCUT2D eigenvalue weighted by Crippen LogP contribution is -2.14. The van der Waals surface area contributed by atoms with Gasteiger partial charge in [0.05, 0.1) is 5.60 Å². The van der Waals surface area contributed by atoms with Crippen molar-refractivity contribution in [3.63, 3.8) is 0 Å². The molecular formula is C14H18O. The SMILES string of the molecule is Cc1ccc(C2(O)C3CCCC32)c(C)c1. The summed E-state index contributed by atoms with van der Waals surface area (Å²) in [4.78, 5) is 0. The minimum Gasteiger partial charge on any atom is -0.385 e. The van der Waals surface area contributed by atoms with E-state index in [0.29, 0.717) is 11.8 Å². The highest BCUT2D eigenvalue weighted by Crippen LogP contribution is 2.66. The summed E-state index contributed by atoms with van der Waals surface area (Å²) in [6, 6.07) is 6.43. The largest absolute Gasteiger partial charge is 0.385 e. The third kappa shape index (κ3) is 1.13. The fourth-order valence-electron chi connectivity index (χ4n) is 3.58. The van der Waals surface area contributed by atoms with Crippen molar-refractivity contribution in [3.05, 3.63) is 34.9 Å². The molecule has 1 heteroatoms. The lowest BCUT2D eigenvalue weighted by atomic mass is 9.94. The predicted molar refractivity (Wildman–Crippen MR) is 60.6 cm³/mol. The van der Waals surface area contributed by atoms with E-state index in [1.807, 2.05) is 0 Å². The third-order valence-corrected chi connectivity index (χ3v) is 4.35. The van der Waals surface area contributed by atoms with Gasteiger partial charge in [-0.3, -0.25) is 0 Å². The summed E-state index contributed by atoms with van der Waals surface area (Å²) in [6.45, 7) is 4.23. The molecule has 2 aliphatic rings. The third-order valence-electron chi connectivity index (χ3n) is 4.35. The molecule has 2 saturated carbocycles. The van der Waals surface area contributed by atoms with Crippen molar-refractivity contribution in [2.45, 2.75) is 38.7 Å². The Morgan fingerprint density at radius 3 is 2.47 bits per heavy atom. The number of rotatable bonds is 1. The average Bonchev–Trinajstić information content (AvgIpc) is 2.63. The maximum atomic E-state index is 10.7. The first kappa shape index (κ1) is 9.41. The summed E-state index contributed by atoms with van der Waals surface area (Å²) in [5.41, 5.74) is 3.26. The predicted octanol–water partition coefficient (Wildman–Crippen LogP) is 2.92. The van der Waals surface area contributed by atoms with Crippen LogP contribution in [0.3, 0.4) is 0 Å². The molecule has 0 bridgehead atoms. The molecule has 1 aromatic carbocycles. The average molecular weight is 202 g/mol. The van der Waals surface area contributed by atoms with E-state index in [1.165, 1.54) is 36.0 Å². The molecule has 2 fully saturated rings. The molecule has 15 heavy (non-hydrogen) atoms. The van der Waals surface area contributed by atoms with Gasteiger partial charge in [0.15, 0.2) is 0 Å². The maximum Gasteiger partial charge on any atom is 0.0962 e. The molecule has 0 heterocycles. The summed E-state index contributed by atoms with van der Waals surface area (Å²) in [7, 11) is 0. The zero-order valence-corrected chi connectivity index (χ0v) is 9.46. The van der Waals surface area contributed by atoms with Crippen LogP contribution in [0.2, 0.25) is 0 Å². The van der Waals surface area contributed by atoms with Crippen LogP contribution < -0.4 is 0 Å². The molecule has 0 saturated heterocycles. The van der Waals surface area contributed by atoms with E-state index in [0.717, 1.165) is 0 Å². The Kier molecular flexibility index (Phi) is 1.79. The van der Waals surface area contributed by atoms with Gasteiger partial charge in [-0.1, -0.05) is 30.2 Å². The summed E-state index contributed by atoms with van der Waals surface area (Å²) in [5, 5.41) is 10.7. The van der Waals surface area contributed by atoms with Gasteiger partial charge in [-0.25, -0.2) is 0 Å². The van der Waals surface area contributed by atoms with Crippen LogP contribution in [0.15, 0.2) is 18.2 Å². The first-order chi connectivity index (χ1) is 7.14. The van der Waals surface area contributed by atoms with Gasteiger partial charge >= 0.3 is 0 Å². The standard InChI is InChI=1S/C14H18O/c1-9-6-7-11(10(2)8-9)14(15)12-4-3-5-13(12)14/h6-8,12-13,15H,3-5H2,1-2H3. The minimum absolute atomic E-state index is 0.462. The van der Waals surface area contributed by atoms with E-state index < -0.39 is 5.60 Å². The Morgan fingerprint density at radius 1 is 1.20 bits per heavy atom. The molecule has 0 radical (unpaired) electrons. The van der Waals surface area contributed by atoms with Crippen LogP contribution in [0.4, 0.5) is 0 Å². The molecule has 0 aromatic heterocycles. The van der Waals surface area contributed by atoms with Gasteiger partial charge < -0.3 is 5.11 Å². The van der Waals surface area contributed by atoms with Gasteiger partial charge in [-0.05, 0) is 49.7 Å². The second-order valence-electron chi connectivity index (χ2n) is 5.29. The van der Waals surface area contributed by atoms with Crippen molar-refractivity contribution in [1.82, 2.24) is 0 Å². The number of hydrogen-bond donors (Lipinski definition) is 1. The number of fused-ring (bicyclic) bond motifs is 1. The van der Waals surface area contributed by atoms with E-state index in [4.69, 9.17) is 0 Å². The molecule has 1 N–H and O–H groups in total. The summed E-state index contributed by atoms with van der Waals surface area (Å²) >= 11 is 0. The highest BCUT2D eigenvalue weighted by atomic mass is 16.3. The van der Waals surface area contributed by atoms with Crippen LogP contribution in [0.1, 0.15) is 36.0 Å². The first-order valence-corrected chi connectivity index (χ1v) is 5.94. The molecular weight excluding hydrogens is 184 g/mol. The number of benzene rings is 1. The van der Waals surface area contributed by atoms with Crippen molar-refractivity contribution in [2.75, 3.05) is 0 Å². The second kappa shape index (κ2) is 2.85. The quantitative estimate of drug-likeness (QED) is 0.742. The highest BCUT2D eigenvalue weighted by molar-refractivity contribution is 5.41. The first-order valence-electron chi connectivity index (χ1n) is 5.94. The van der Waals surface area contributed by atoms with E-state index in [1.54, 1.807) is 0 Å².